The molecule has 2 rings (SSSR count). The second-order valence-corrected chi connectivity index (χ2v) is 5.28. The van der Waals surface area contributed by atoms with Crippen LogP contribution < -0.4 is 5.32 Å². The van der Waals surface area contributed by atoms with Gasteiger partial charge in [0.2, 0.25) is 0 Å². The minimum atomic E-state index is 0.0767. The van der Waals surface area contributed by atoms with Crippen LogP contribution in [-0.4, -0.2) is 10.1 Å². The Bertz CT molecular complexity index is 502. The summed E-state index contributed by atoms with van der Waals surface area (Å²) in [5.74, 6) is 0.0767. The normalized spacial score (nSPS) is 10.7. The summed E-state index contributed by atoms with van der Waals surface area (Å²) < 4.78 is 0. The van der Waals surface area contributed by atoms with Crippen molar-refractivity contribution in [3.05, 3.63) is 44.3 Å². The molecule has 1 aromatic heterocycles. The molecule has 6 heteroatoms. The molecule has 0 saturated carbocycles. The Morgan fingerprint density at radius 2 is 2.12 bits per heavy atom. The molecule has 2 aromatic rings. The van der Waals surface area contributed by atoms with Crippen molar-refractivity contribution in [2.75, 3.05) is 0 Å². The molecule has 2 N–H and O–H groups in total. The van der Waals surface area contributed by atoms with E-state index in [1.807, 2.05) is 6.20 Å². The molecule has 0 aliphatic heterocycles. The van der Waals surface area contributed by atoms with E-state index in [4.69, 9.17) is 23.2 Å². The number of hydrogen-bond donors (Lipinski definition) is 2. The van der Waals surface area contributed by atoms with Crippen LogP contribution in [0, 0.1) is 0 Å². The molecule has 0 fully saturated rings. The topological polar surface area (TPSA) is 45.1 Å². The van der Waals surface area contributed by atoms with Gasteiger partial charge in [-0.15, -0.1) is 11.3 Å². The number of nitrogens with one attached hydrogen (secondary N) is 1. The molecular weight excluding hydrogens is 279 g/mol. The molecule has 3 nitrogen and oxygen atoms in total. The first-order valence-electron chi connectivity index (χ1n) is 4.92. The maximum atomic E-state index is 9.74. The van der Waals surface area contributed by atoms with E-state index < -0.39 is 0 Å². The van der Waals surface area contributed by atoms with Crippen molar-refractivity contribution in [3.8, 4) is 5.75 Å². The number of phenols is 1. The lowest BCUT2D eigenvalue weighted by atomic mass is 10.2. The first kappa shape index (κ1) is 12.6. The third kappa shape index (κ3) is 3.33. The maximum Gasteiger partial charge on any atom is 0.138 e. The Labute approximate surface area is 113 Å². The molecule has 0 unspecified atom stereocenters. The predicted molar refractivity (Wildman–Crippen MR) is 70.8 cm³/mol. The number of halogens is 2. The second-order valence-electron chi connectivity index (χ2n) is 3.47. The summed E-state index contributed by atoms with van der Waals surface area (Å²) in [5, 5.41) is 13.7. The molecule has 0 spiro atoms. The average molecular weight is 289 g/mol. The summed E-state index contributed by atoms with van der Waals surface area (Å²) in [4.78, 5) is 5.12. The summed E-state index contributed by atoms with van der Waals surface area (Å²) in [5.41, 5.74) is 2.47. The Balaban J connectivity index is 1.99. The lowest BCUT2D eigenvalue weighted by molar-refractivity contribution is 0.465. The van der Waals surface area contributed by atoms with Crippen LogP contribution in [0.1, 0.15) is 10.4 Å². The van der Waals surface area contributed by atoms with Gasteiger partial charge in [-0.05, 0) is 12.1 Å². The Morgan fingerprint density at radius 3 is 2.82 bits per heavy atom. The molecule has 1 heterocycles. The fourth-order valence-corrected chi connectivity index (χ4v) is 2.50. The summed E-state index contributed by atoms with van der Waals surface area (Å²) in [6.45, 7) is 1.21. The number of benzene rings is 1. The molecule has 0 aliphatic carbocycles. The van der Waals surface area contributed by atoms with Gasteiger partial charge in [-0.2, -0.15) is 0 Å². The van der Waals surface area contributed by atoms with E-state index in [-0.39, 0.29) is 10.8 Å². The van der Waals surface area contributed by atoms with Gasteiger partial charge in [0.25, 0.3) is 0 Å². The maximum absolute atomic E-state index is 9.74. The van der Waals surface area contributed by atoms with Gasteiger partial charge in [0.15, 0.2) is 0 Å². The SMILES string of the molecule is Oc1c(Cl)cc(Cl)cc1CNCc1cncs1. The van der Waals surface area contributed by atoms with Crippen LogP contribution in [0.3, 0.4) is 0 Å². The van der Waals surface area contributed by atoms with E-state index in [1.165, 1.54) is 6.07 Å². The van der Waals surface area contributed by atoms with Crippen molar-refractivity contribution in [1.29, 1.82) is 0 Å². The van der Waals surface area contributed by atoms with Gasteiger partial charge in [-0.25, -0.2) is 0 Å². The summed E-state index contributed by atoms with van der Waals surface area (Å²) in [7, 11) is 0. The smallest absolute Gasteiger partial charge is 0.138 e. The highest BCUT2D eigenvalue weighted by Gasteiger charge is 2.07. The highest BCUT2D eigenvalue weighted by molar-refractivity contribution is 7.09. The number of rotatable bonds is 4. The molecule has 90 valence electrons. The Hall–Kier alpha value is -0.810. The average Bonchev–Trinajstić information content (AvgIpc) is 2.78. The van der Waals surface area contributed by atoms with Crippen LogP contribution >= 0.6 is 34.5 Å². The molecule has 0 bridgehead atoms. The lowest BCUT2D eigenvalue weighted by Gasteiger charge is -2.08. The van der Waals surface area contributed by atoms with Gasteiger partial charge in [-0.3, -0.25) is 4.98 Å². The monoisotopic (exact) mass is 288 g/mol. The molecule has 1 aromatic carbocycles. The number of hydrogen-bond acceptors (Lipinski definition) is 4. The second kappa shape index (κ2) is 5.69. The van der Waals surface area contributed by atoms with Crippen LogP contribution in [0.5, 0.6) is 5.75 Å². The van der Waals surface area contributed by atoms with E-state index >= 15 is 0 Å². The molecule has 0 amide bonds. The van der Waals surface area contributed by atoms with Gasteiger partial charge in [-0.1, -0.05) is 23.2 Å². The fraction of sp³-hybridized carbons (Fsp3) is 0.182. The predicted octanol–water partition coefficient (Wildman–Crippen LogP) is 3.45. The van der Waals surface area contributed by atoms with E-state index in [9.17, 15) is 5.11 Å². The fourth-order valence-electron chi connectivity index (χ4n) is 1.40. The Morgan fingerprint density at radius 1 is 1.29 bits per heavy atom. The molecular formula is C11H10Cl2N2OS. The quantitative estimate of drug-likeness (QED) is 0.906. The highest BCUT2D eigenvalue weighted by Crippen LogP contribution is 2.30. The summed E-state index contributed by atoms with van der Waals surface area (Å²) >= 11 is 13.3. The highest BCUT2D eigenvalue weighted by atomic mass is 35.5. The molecule has 0 radical (unpaired) electrons. The van der Waals surface area contributed by atoms with Crippen molar-refractivity contribution in [1.82, 2.24) is 10.3 Å². The van der Waals surface area contributed by atoms with Crippen LogP contribution in [0.2, 0.25) is 10.0 Å². The van der Waals surface area contributed by atoms with Crippen LogP contribution in [0.4, 0.5) is 0 Å². The molecule has 0 aliphatic rings. The van der Waals surface area contributed by atoms with Crippen molar-refractivity contribution in [2.45, 2.75) is 13.1 Å². The van der Waals surface area contributed by atoms with E-state index in [1.54, 1.807) is 22.9 Å². The third-order valence-electron chi connectivity index (χ3n) is 2.21. The third-order valence-corrected chi connectivity index (χ3v) is 3.49. The van der Waals surface area contributed by atoms with E-state index in [0.717, 1.165) is 4.88 Å². The number of phenolic OH excluding ortho intramolecular Hbond substituents is 1. The minimum absolute atomic E-state index is 0.0767. The summed E-state index contributed by atoms with van der Waals surface area (Å²) in [6, 6.07) is 3.22. The number of thiazole rings is 1. The van der Waals surface area contributed by atoms with Gasteiger partial charge in [0.05, 0.1) is 10.5 Å². The van der Waals surface area contributed by atoms with Crippen molar-refractivity contribution in [2.24, 2.45) is 0 Å². The van der Waals surface area contributed by atoms with Crippen LogP contribution in [0.25, 0.3) is 0 Å². The lowest BCUT2D eigenvalue weighted by Crippen LogP contribution is -2.11. The van der Waals surface area contributed by atoms with Gasteiger partial charge >= 0.3 is 0 Å². The largest absolute Gasteiger partial charge is 0.506 e. The zero-order chi connectivity index (χ0) is 12.3. The van der Waals surface area contributed by atoms with Crippen molar-refractivity contribution in [3.63, 3.8) is 0 Å². The summed E-state index contributed by atoms with van der Waals surface area (Å²) in [6.07, 6.45) is 1.81. The van der Waals surface area contributed by atoms with Crippen LogP contribution in [-0.2, 0) is 13.1 Å². The molecule has 0 atom stereocenters. The first-order chi connectivity index (χ1) is 8.16. The number of nitrogens with zero attached hydrogens (tertiary/aromatic N) is 1. The van der Waals surface area contributed by atoms with E-state index in [0.29, 0.717) is 23.7 Å². The van der Waals surface area contributed by atoms with Gasteiger partial charge in [0.1, 0.15) is 5.75 Å². The molecule has 0 saturated heterocycles. The van der Waals surface area contributed by atoms with Gasteiger partial charge in [0, 0.05) is 34.7 Å². The van der Waals surface area contributed by atoms with Crippen LogP contribution in [0.15, 0.2) is 23.8 Å². The molecule has 17 heavy (non-hydrogen) atoms. The van der Waals surface area contributed by atoms with E-state index in [2.05, 4.69) is 10.3 Å². The standard InChI is InChI=1S/C11H10Cl2N2OS/c12-8-1-7(11(16)10(13)2-8)3-14-4-9-5-15-6-17-9/h1-2,5-6,14,16H,3-4H2. The van der Waals surface area contributed by atoms with Gasteiger partial charge < -0.3 is 10.4 Å². The number of aromatic hydroxyl groups is 1. The minimum Gasteiger partial charge on any atom is -0.506 e. The zero-order valence-electron chi connectivity index (χ0n) is 8.78. The zero-order valence-corrected chi connectivity index (χ0v) is 11.1. The van der Waals surface area contributed by atoms with Crippen molar-refractivity contribution < 1.29 is 5.11 Å². The number of aromatic nitrogens is 1. The Kier molecular flexibility index (Phi) is 4.23. The first-order valence-corrected chi connectivity index (χ1v) is 6.55. The van der Waals surface area contributed by atoms with Crippen molar-refractivity contribution >= 4 is 34.5 Å².